The fourth-order valence-electron chi connectivity index (χ4n) is 3.87. The Bertz CT molecular complexity index is 1150. The van der Waals surface area contributed by atoms with Crippen molar-refractivity contribution in [2.24, 2.45) is 0 Å². The summed E-state index contributed by atoms with van der Waals surface area (Å²) in [6.45, 7) is 8.01. The van der Waals surface area contributed by atoms with Gasteiger partial charge < -0.3 is 15.0 Å². The number of aryl methyl sites for hydroxylation is 2. The van der Waals surface area contributed by atoms with Crippen molar-refractivity contribution in [3.63, 3.8) is 0 Å². The van der Waals surface area contributed by atoms with Gasteiger partial charge in [0.25, 0.3) is 5.91 Å². The van der Waals surface area contributed by atoms with E-state index in [1.54, 1.807) is 17.0 Å². The maximum absolute atomic E-state index is 13.7. The first kappa shape index (κ1) is 27.3. The molecule has 0 heterocycles. The molecule has 36 heavy (non-hydrogen) atoms. The van der Waals surface area contributed by atoms with Crippen LogP contribution in [0, 0.1) is 13.8 Å². The quantitative estimate of drug-likeness (QED) is 0.352. The van der Waals surface area contributed by atoms with E-state index in [0.717, 1.165) is 28.7 Å². The Kier molecular flexibility index (Phi) is 9.95. The van der Waals surface area contributed by atoms with E-state index in [9.17, 15) is 9.59 Å². The molecule has 1 N–H and O–H groups in total. The van der Waals surface area contributed by atoms with Crippen LogP contribution in [0.1, 0.15) is 42.5 Å². The summed E-state index contributed by atoms with van der Waals surface area (Å²) >= 11 is 6.08. The highest BCUT2D eigenvalue weighted by Gasteiger charge is 2.31. The van der Waals surface area contributed by atoms with Crippen molar-refractivity contribution in [3.8, 4) is 5.75 Å². The van der Waals surface area contributed by atoms with Gasteiger partial charge in [-0.15, -0.1) is 0 Å². The third kappa shape index (κ3) is 7.85. The monoisotopic (exact) mass is 506 g/mol. The average molecular weight is 507 g/mol. The number of hydrogen-bond acceptors (Lipinski definition) is 3. The lowest BCUT2D eigenvalue weighted by molar-refractivity contribution is -0.143. The van der Waals surface area contributed by atoms with E-state index in [0.29, 0.717) is 17.2 Å². The summed E-state index contributed by atoms with van der Waals surface area (Å²) < 4.78 is 5.96. The number of hydrogen-bond donors (Lipinski definition) is 1. The fraction of sp³-hybridized carbons (Fsp3) is 0.333. The van der Waals surface area contributed by atoms with E-state index < -0.39 is 6.04 Å². The summed E-state index contributed by atoms with van der Waals surface area (Å²) in [5.41, 5.74) is 3.86. The molecule has 6 heteroatoms. The molecule has 0 radical (unpaired) electrons. The minimum atomic E-state index is -0.702. The summed E-state index contributed by atoms with van der Waals surface area (Å²) in [5, 5.41) is 3.69. The number of nitrogens with one attached hydrogen (secondary N) is 1. The van der Waals surface area contributed by atoms with Crippen LogP contribution in [0.15, 0.2) is 72.8 Å². The second kappa shape index (κ2) is 13.1. The maximum atomic E-state index is 13.7. The second-order valence-electron chi connectivity index (χ2n) is 9.23. The third-order valence-corrected chi connectivity index (χ3v) is 6.49. The molecule has 3 aromatic rings. The van der Waals surface area contributed by atoms with E-state index in [1.165, 1.54) is 0 Å². The Balaban J connectivity index is 1.92. The number of halogens is 1. The van der Waals surface area contributed by atoms with Crippen LogP contribution < -0.4 is 10.1 Å². The lowest BCUT2D eigenvalue weighted by Crippen LogP contribution is -2.53. The van der Waals surface area contributed by atoms with Crippen molar-refractivity contribution in [2.45, 2.75) is 59.2 Å². The first-order chi connectivity index (χ1) is 17.3. The summed E-state index contributed by atoms with van der Waals surface area (Å²) in [6, 6.07) is 22.3. The van der Waals surface area contributed by atoms with Crippen LogP contribution in [0.25, 0.3) is 0 Å². The zero-order chi connectivity index (χ0) is 26.1. The Morgan fingerprint density at radius 3 is 2.33 bits per heavy atom. The summed E-state index contributed by atoms with van der Waals surface area (Å²) in [7, 11) is 0. The molecule has 190 valence electrons. The first-order valence-corrected chi connectivity index (χ1v) is 12.7. The van der Waals surface area contributed by atoms with Crippen LogP contribution in [0.5, 0.6) is 5.75 Å². The molecular weight excluding hydrogens is 472 g/mol. The molecule has 0 saturated heterocycles. The zero-order valence-electron chi connectivity index (χ0n) is 21.5. The molecule has 0 aliphatic rings. The largest absolute Gasteiger partial charge is 0.483 e. The normalized spacial score (nSPS) is 12.5. The average Bonchev–Trinajstić information content (AvgIpc) is 2.88. The molecule has 5 nitrogen and oxygen atoms in total. The molecule has 0 aliphatic carbocycles. The Morgan fingerprint density at radius 2 is 1.67 bits per heavy atom. The van der Waals surface area contributed by atoms with Crippen LogP contribution >= 0.6 is 11.6 Å². The van der Waals surface area contributed by atoms with Crippen LogP contribution in [0.2, 0.25) is 5.02 Å². The molecule has 0 saturated carbocycles. The fourth-order valence-corrected chi connectivity index (χ4v) is 3.99. The second-order valence-corrected chi connectivity index (χ2v) is 9.67. The van der Waals surface area contributed by atoms with Gasteiger partial charge in [0.1, 0.15) is 11.8 Å². The highest BCUT2D eigenvalue weighted by Crippen LogP contribution is 2.21. The number of amides is 2. The molecule has 3 aromatic carbocycles. The predicted molar refractivity (Wildman–Crippen MR) is 145 cm³/mol. The number of nitrogens with zero attached hydrogens (tertiary/aromatic N) is 1. The lowest BCUT2D eigenvalue weighted by Gasteiger charge is -2.32. The van der Waals surface area contributed by atoms with Gasteiger partial charge in [-0.3, -0.25) is 9.59 Å². The molecule has 0 fully saturated rings. The Morgan fingerprint density at radius 1 is 0.972 bits per heavy atom. The summed E-state index contributed by atoms with van der Waals surface area (Å²) in [6.07, 6.45) is 1.19. The van der Waals surface area contributed by atoms with E-state index in [4.69, 9.17) is 16.3 Å². The molecule has 0 spiro atoms. The van der Waals surface area contributed by atoms with Gasteiger partial charge in [-0.2, -0.15) is 0 Å². The minimum absolute atomic E-state index is 0.00514. The Labute approximate surface area is 219 Å². The molecule has 2 amide bonds. The highest BCUT2D eigenvalue weighted by molar-refractivity contribution is 6.30. The zero-order valence-corrected chi connectivity index (χ0v) is 22.2. The molecule has 0 bridgehead atoms. The van der Waals surface area contributed by atoms with Gasteiger partial charge in [0.15, 0.2) is 6.61 Å². The molecule has 0 aromatic heterocycles. The van der Waals surface area contributed by atoms with Gasteiger partial charge in [0.2, 0.25) is 5.91 Å². The smallest absolute Gasteiger partial charge is 0.261 e. The topological polar surface area (TPSA) is 58.6 Å². The van der Waals surface area contributed by atoms with Gasteiger partial charge in [0, 0.05) is 24.0 Å². The van der Waals surface area contributed by atoms with Crippen molar-refractivity contribution >= 4 is 23.4 Å². The standard InChI is InChI=1S/C30H35ClN2O3/c1-5-23(4)32-30(35)27(18-24-9-7-6-8-10-24)33(19-25-13-15-26(31)16-14-25)29(34)20-36-28-17-21(2)11-12-22(28)3/h6-17,23,27H,5,18-20H2,1-4H3,(H,32,35)/t23-,27+/m1/s1. The van der Waals surface area contributed by atoms with E-state index >= 15 is 0 Å². The molecule has 2 atom stereocenters. The van der Waals surface area contributed by atoms with Gasteiger partial charge >= 0.3 is 0 Å². The van der Waals surface area contributed by atoms with E-state index in [2.05, 4.69) is 5.32 Å². The van der Waals surface area contributed by atoms with Crippen molar-refractivity contribution in [1.82, 2.24) is 10.2 Å². The molecule has 3 rings (SSSR count). The molecule has 0 unspecified atom stereocenters. The van der Waals surface area contributed by atoms with Crippen molar-refractivity contribution < 1.29 is 14.3 Å². The summed E-state index contributed by atoms with van der Waals surface area (Å²) in [4.78, 5) is 28.8. The lowest BCUT2D eigenvalue weighted by atomic mass is 10.0. The number of rotatable bonds is 11. The van der Waals surface area contributed by atoms with E-state index in [-0.39, 0.29) is 31.0 Å². The van der Waals surface area contributed by atoms with Gasteiger partial charge in [-0.1, -0.05) is 73.1 Å². The van der Waals surface area contributed by atoms with Crippen molar-refractivity contribution in [2.75, 3.05) is 6.61 Å². The van der Waals surface area contributed by atoms with Crippen LogP contribution in [0.3, 0.4) is 0 Å². The number of carbonyl (C=O) groups excluding carboxylic acids is 2. The minimum Gasteiger partial charge on any atom is -0.483 e. The number of carbonyl (C=O) groups is 2. The van der Waals surface area contributed by atoms with Crippen LogP contribution in [-0.2, 0) is 22.6 Å². The predicted octanol–water partition coefficient (Wildman–Crippen LogP) is 5.89. The molecular formula is C30H35ClN2O3. The van der Waals surface area contributed by atoms with Gasteiger partial charge in [-0.25, -0.2) is 0 Å². The van der Waals surface area contributed by atoms with Crippen molar-refractivity contribution in [1.29, 1.82) is 0 Å². The Hall–Kier alpha value is -3.31. The third-order valence-electron chi connectivity index (χ3n) is 6.23. The summed E-state index contributed by atoms with van der Waals surface area (Å²) in [5.74, 6) is 0.229. The van der Waals surface area contributed by atoms with Crippen LogP contribution in [-0.4, -0.2) is 35.4 Å². The van der Waals surface area contributed by atoms with Crippen molar-refractivity contribution in [3.05, 3.63) is 100 Å². The maximum Gasteiger partial charge on any atom is 0.261 e. The first-order valence-electron chi connectivity index (χ1n) is 12.3. The van der Waals surface area contributed by atoms with Crippen LogP contribution in [0.4, 0.5) is 0 Å². The SMILES string of the molecule is CC[C@@H](C)NC(=O)[C@H](Cc1ccccc1)N(Cc1ccc(Cl)cc1)C(=O)COc1cc(C)ccc1C. The highest BCUT2D eigenvalue weighted by atomic mass is 35.5. The van der Waals surface area contributed by atoms with E-state index in [1.807, 2.05) is 88.4 Å². The van der Waals surface area contributed by atoms with Gasteiger partial charge in [0.05, 0.1) is 0 Å². The molecule has 0 aliphatic heterocycles. The number of benzene rings is 3. The number of ether oxygens (including phenoxy) is 1. The van der Waals surface area contributed by atoms with Gasteiger partial charge in [-0.05, 0) is 67.6 Å².